The number of aromatic nitrogens is 7. The SMILES string of the molecule is Cc1cc(NC(=O)OC(C)(C)C)nc(C)c1CNC(=O)c1cn(Cc2ccc3ncc(C4CC4)cc3c2)nc1C#N.N#Cc1nn(Cc2ccc3ncc(C4CC4)cc3c2)cc1C(=O)O.[2H]CF. The predicted octanol–water partition coefficient (Wildman–Crippen LogP) is 9.03. The number of nitrogens with zero attached hydrogens (tertiary/aromatic N) is 9. The minimum absolute atomic E-state index is 0.0597. The molecule has 0 spiro atoms. The molecule has 2 saturated carbocycles. The number of aryl methyl sites for hydroxylation is 2. The van der Waals surface area contributed by atoms with Crippen LogP contribution < -0.4 is 10.6 Å². The molecule has 0 aliphatic heterocycles. The van der Waals surface area contributed by atoms with Gasteiger partial charge < -0.3 is 15.2 Å². The maximum absolute atomic E-state index is 13.1. The van der Waals surface area contributed by atoms with Gasteiger partial charge in [-0.25, -0.2) is 14.6 Å². The van der Waals surface area contributed by atoms with Gasteiger partial charge in [-0.2, -0.15) is 20.7 Å². The number of ether oxygens (including phenoxy) is 1. The van der Waals surface area contributed by atoms with Crippen molar-refractivity contribution >= 4 is 45.6 Å². The number of anilines is 1. The zero-order valence-electron chi connectivity index (χ0n) is 38.8. The van der Waals surface area contributed by atoms with Gasteiger partial charge in [-0.05, 0) is 148 Å². The molecule has 0 radical (unpaired) electrons. The first-order valence-corrected chi connectivity index (χ1v) is 21.6. The number of hydrogen-bond donors (Lipinski definition) is 3. The van der Waals surface area contributed by atoms with Gasteiger partial charge in [0.25, 0.3) is 5.91 Å². The Kier molecular flexibility index (Phi) is 13.6. The van der Waals surface area contributed by atoms with Crippen molar-refractivity contribution in [1.29, 1.82) is 10.5 Å². The molecule has 17 heteroatoms. The van der Waals surface area contributed by atoms with Crippen molar-refractivity contribution in [2.24, 2.45) is 0 Å². The van der Waals surface area contributed by atoms with Gasteiger partial charge in [0.15, 0.2) is 11.4 Å². The Morgan fingerprint density at radius 3 is 1.79 bits per heavy atom. The number of hydrogen-bond acceptors (Lipinski definition) is 11. The van der Waals surface area contributed by atoms with Gasteiger partial charge in [-0.3, -0.25) is 33.8 Å². The number of rotatable bonds is 11. The molecule has 9 rings (SSSR count). The van der Waals surface area contributed by atoms with E-state index in [0.717, 1.165) is 44.1 Å². The molecule has 0 bridgehead atoms. The van der Waals surface area contributed by atoms with Crippen molar-refractivity contribution in [3.63, 3.8) is 0 Å². The molecule has 0 atom stereocenters. The van der Waals surface area contributed by atoms with Gasteiger partial charge in [0, 0.05) is 47.8 Å². The van der Waals surface area contributed by atoms with Crippen LogP contribution in [0.2, 0.25) is 0 Å². The Morgan fingerprint density at radius 1 is 0.836 bits per heavy atom. The second-order valence-electron chi connectivity index (χ2n) is 17.5. The number of nitrogens with one attached hydrogen (secondary N) is 2. The molecular weight excluding hydrogens is 854 g/mol. The Labute approximate surface area is 387 Å². The van der Waals surface area contributed by atoms with Crippen LogP contribution in [0, 0.1) is 36.5 Å². The van der Waals surface area contributed by atoms with E-state index in [9.17, 15) is 24.0 Å². The second-order valence-corrected chi connectivity index (χ2v) is 17.5. The van der Waals surface area contributed by atoms with Gasteiger partial charge in [0.05, 0.1) is 38.2 Å². The molecule has 67 heavy (non-hydrogen) atoms. The molecular formula is C50H50FN11O5. The quantitative estimate of drug-likeness (QED) is 0.111. The van der Waals surface area contributed by atoms with E-state index in [1.807, 2.05) is 61.8 Å². The van der Waals surface area contributed by atoms with Gasteiger partial charge in [0.2, 0.25) is 0 Å². The van der Waals surface area contributed by atoms with Crippen LogP contribution in [0.5, 0.6) is 0 Å². The summed E-state index contributed by atoms with van der Waals surface area (Å²) in [5.74, 6) is 0.0867. The average molecular weight is 905 g/mol. The number of carboxylic acids is 1. The van der Waals surface area contributed by atoms with Crippen molar-refractivity contribution in [1.82, 2.24) is 39.8 Å². The molecule has 0 saturated heterocycles. The highest BCUT2D eigenvalue weighted by atomic mass is 19.1. The van der Waals surface area contributed by atoms with E-state index in [0.29, 0.717) is 36.4 Å². The largest absolute Gasteiger partial charge is 0.478 e. The molecule has 2 aliphatic carbocycles. The Balaban J connectivity index is 0.000000214. The minimum atomic E-state index is -1.14. The highest BCUT2D eigenvalue weighted by Gasteiger charge is 2.25. The summed E-state index contributed by atoms with van der Waals surface area (Å²) in [6.07, 6.45) is 11.2. The number of benzene rings is 2. The summed E-state index contributed by atoms with van der Waals surface area (Å²) in [5.41, 5.74) is 8.23. The predicted molar refractivity (Wildman–Crippen MR) is 248 cm³/mol. The summed E-state index contributed by atoms with van der Waals surface area (Å²) >= 11 is 0. The van der Waals surface area contributed by atoms with Gasteiger partial charge >= 0.3 is 12.1 Å². The maximum atomic E-state index is 13.1. The van der Waals surface area contributed by atoms with Crippen LogP contribution in [0.15, 0.2) is 79.4 Å². The monoisotopic (exact) mass is 904 g/mol. The van der Waals surface area contributed by atoms with E-state index in [4.69, 9.17) is 16.5 Å². The summed E-state index contributed by atoms with van der Waals surface area (Å²) in [6.45, 7) is 10.1. The Hall–Kier alpha value is -8.05. The van der Waals surface area contributed by atoms with Crippen LogP contribution >= 0.6 is 0 Å². The van der Waals surface area contributed by atoms with Crippen molar-refractivity contribution in [2.45, 2.75) is 97.4 Å². The van der Waals surface area contributed by atoms with Gasteiger partial charge in [0.1, 0.15) is 29.1 Å². The highest BCUT2D eigenvalue weighted by molar-refractivity contribution is 5.96. The lowest BCUT2D eigenvalue weighted by Crippen LogP contribution is -2.28. The number of fused-ring (bicyclic) bond motifs is 2. The highest BCUT2D eigenvalue weighted by Crippen LogP contribution is 2.41. The lowest BCUT2D eigenvalue weighted by atomic mass is 10.1. The van der Waals surface area contributed by atoms with Crippen molar-refractivity contribution in [3.8, 4) is 12.1 Å². The third kappa shape index (κ3) is 11.8. The molecule has 0 unspecified atom stereocenters. The first-order valence-electron chi connectivity index (χ1n) is 22.3. The van der Waals surface area contributed by atoms with Crippen molar-refractivity contribution in [3.05, 3.63) is 141 Å². The number of carbonyl (C=O) groups is 3. The van der Waals surface area contributed by atoms with Crippen LogP contribution in [-0.4, -0.2) is 70.3 Å². The second kappa shape index (κ2) is 20.0. The standard InChI is InChI=1S/C31H33N7O3.C18H14N4O2.CH3F/c1-18-10-28(36-30(40)41-31(3,4)5)35-19(2)24(18)15-34-29(39)25-17-38(37-27(25)13-32)16-20-6-9-26-22(11-20)12-23(14-33-26)21-7-8-21;19-7-17-15(18(23)24)10-22(21-17)9-11-1-4-16-13(5-11)6-14(8-20-16)12-2-3-12;1-2/h6,9-12,14,17,21H,7-8,15-16H2,1-5H3,(H,34,39)(H,35,36,40);1,4-6,8,10,12H,2-3,9H2,(H,23,24);1H3/i;;1D. The summed E-state index contributed by atoms with van der Waals surface area (Å²) < 4.78 is 23.9. The molecule has 16 nitrogen and oxygen atoms in total. The third-order valence-electron chi connectivity index (χ3n) is 11.1. The first-order chi connectivity index (χ1) is 32.5. The van der Waals surface area contributed by atoms with E-state index in [2.05, 4.69) is 54.0 Å². The smallest absolute Gasteiger partial charge is 0.413 e. The summed E-state index contributed by atoms with van der Waals surface area (Å²) in [5, 5.41) is 43.8. The minimum Gasteiger partial charge on any atom is -0.478 e. The number of halogens is 1. The average Bonchev–Trinajstić information content (AvgIpc) is 4.23. The van der Waals surface area contributed by atoms with Crippen LogP contribution in [-0.2, 0) is 24.4 Å². The van der Waals surface area contributed by atoms with E-state index in [-0.39, 0.29) is 29.1 Å². The van der Waals surface area contributed by atoms with Crippen LogP contribution in [0.4, 0.5) is 15.0 Å². The van der Waals surface area contributed by atoms with E-state index in [1.165, 1.54) is 47.7 Å². The maximum Gasteiger partial charge on any atom is 0.413 e. The number of amides is 2. The fourth-order valence-corrected chi connectivity index (χ4v) is 7.60. The number of alkyl halides is 1. The summed E-state index contributed by atoms with van der Waals surface area (Å²) in [7, 11) is -1.00. The normalized spacial score (nSPS) is 13.2. The fourth-order valence-electron chi connectivity index (χ4n) is 7.60. The molecule has 2 fully saturated rings. The molecule has 7 aromatic rings. The number of pyridine rings is 3. The van der Waals surface area contributed by atoms with Crippen LogP contribution in [0.1, 0.15) is 131 Å². The zero-order chi connectivity index (χ0) is 48.7. The molecule has 5 heterocycles. The van der Waals surface area contributed by atoms with Crippen molar-refractivity contribution in [2.75, 3.05) is 12.5 Å². The van der Waals surface area contributed by atoms with E-state index < -0.39 is 30.7 Å². The Bertz CT molecular complexity index is 3100. The molecule has 3 N–H and O–H groups in total. The van der Waals surface area contributed by atoms with Crippen LogP contribution in [0.3, 0.4) is 0 Å². The summed E-state index contributed by atoms with van der Waals surface area (Å²) in [6, 6.07) is 21.9. The van der Waals surface area contributed by atoms with Gasteiger partial charge in [-0.15, -0.1) is 0 Å². The molecule has 342 valence electrons. The number of aromatic carboxylic acids is 1. The number of carbonyl (C=O) groups excluding carboxylic acids is 2. The molecule has 2 aliphatic rings. The van der Waals surface area contributed by atoms with Gasteiger partial charge in [-0.1, -0.05) is 12.1 Å². The molecule has 2 amide bonds. The van der Waals surface area contributed by atoms with E-state index >= 15 is 0 Å². The number of carboxylic acid groups (broad SMARTS) is 1. The van der Waals surface area contributed by atoms with Crippen molar-refractivity contribution < 1.29 is 30.0 Å². The fraction of sp³-hybridized carbons (Fsp3) is 0.320. The first kappa shape index (κ1) is 45.5. The van der Waals surface area contributed by atoms with E-state index in [1.54, 1.807) is 44.6 Å². The topological polar surface area (TPSA) is 227 Å². The lowest BCUT2D eigenvalue weighted by molar-refractivity contribution is 0.0633. The number of nitriles is 2. The Morgan fingerprint density at radius 2 is 1.34 bits per heavy atom. The zero-order valence-corrected chi connectivity index (χ0v) is 37.8. The van der Waals surface area contributed by atoms with Crippen LogP contribution in [0.25, 0.3) is 21.8 Å². The molecule has 5 aromatic heterocycles. The summed E-state index contributed by atoms with van der Waals surface area (Å²) in [4.78, 5) is 49.9. The molecule has 2 aromatic carbocycles. The lowest BCUT2D eigenvalue weighted by Gasteiger charge is -2.20. The third-order valence-corrected chi connectivity index (χ3v) is 11.1.